The molecule has 4 rings (SSSR count). The Balaban J connectivity index is 1.49. The van der Waals surface area contributed by atoms with Gasteiger partial charge in [0.2, 0.25) is 10.0 Å². The highest BCUT2D eigenvalue weighted by molar-refractivity contribution is 7.89. The van der Waals surface area contributed by atoms with E-state index in [0.717, 1.165) is 11.4 Å². The van der Waals surface area contributed by atoms with Crippen molar-refractivity contribution in [3.8, 4) is 5.82 Å². The minimum atomic E-state index is -3.58. The van der Waals surface area contributed by atoms with Crippen LogP contribution in [0, 0.1) is 6.92 Å². The molecule has 3 heterocycles. The van der Waals surface area contributed by atoms with Gasteiger partial charge in [-0.3, -0.25) is 0 Å². The molecule has 1 aromatic carbocycles. The summed E-state index contributed by atoms with van der Waals surface area (Å²) in [6, 6.07) is 8.51. The van der Waals surface area contributed by atoms with E-state index in [0.29, 0.717) is 37.0 Å². The van der Waals surface area contributed by atoms with Crippen molar-refractivity contribution < 1.29 is 8.42 Å². The van der Waals surface area contributed by atoms with Gasteiger partial charge in [0.25, 0.3) is 0 Å². The zero-order valence-corrected chi connectivity index (χ0v) is 16.8. The maximum absolute atomic E-state index is 12.9. The Kier molecular flexibility index (Phi) is 5.05. The highest BCUT2D eigenvalue weighted by Gasteiger charge is 2.29. The molecule has 28 heavy (non-hydrogen) atoms. The maximum atomic E-state index is 12.9. The fourth-order valence-corrected chi connectivity index (χ4v) is 4.77. The minimum absolute atomic E-state index is 0.222. The van der Waals surface area contributed by atoms with Gasteiger partial charge < -0.3 is 4.90 Å². The number of anilines is 1. The van der Waals surface area contributed by atoms with Gasteiger partial charge in [-0.25, -0.2) is 23.1 Å². The minimum Gasteiger partial charge on any atom is -0.354 e. The van der Waals surface area contributed by atoms with Gasteiger partial charge in [-0.2, -0.15) is 9.40 Å². The van der Waals surface area contributed by atoms with Gasteiger partial charge in [-0.15, -0.1) is 0 Å². The molecule has 0 atom stereocenters. The first kappa shape index (κ1) is 18.9. The molecule has 3 aromatic rings. The van der Waals surface area contributed by atoms with Crippen molar-refractivity contribution >= 4 is 27.4 Å². The average Bonchev–Trinajstić information content (AvgIpc) is 3.25. The summed E-state index contributed by atoms with van der Waals surface area (Å²) in [6.45, 7) is 3.66. The number of hydrogen-bond acceptors (Lipinski definition) is 6. The lowest BCUT2D eigenvalue weighted by molar-refractivity contribution is 0.383. The van der Waals surface area contributed by atoms with Crippen LogP contribution in [0.4, 0.5) is 5.82 Å². The molecule has 1 fully saturated rings. The molecule has 0 saturated carbocycles. The van der Waals surface area contributed by atoms with E-state index in [1.54, 1.807) is 23.0 Å². The summed E-state index contributed by atoms with van der Waals surface area (Å²) in [5.41, 5.74) is 0.849. The van der Waals surface area contributed by atoms with Crippen molar-refractivity contribution in [3.63, 3.8) is 0 Å². The molecule has 0 N–H and O–H groups in total. The number of benzene rings is 1. The highest BCUT2D eigenvalue weighted by Crippen LogP contribution is 2.24. The monoisotopic (exact) mass is 418 g/mol. The van der Waals surface area contributed by atoms with Crippen molar-refractivity contribution in [2.45, 2.75) is 11.8 Å². The van der Waals surface area contributed by atoms with Crippen LogP contribution in [0.25, 0.3) is 5.82 Å². The summed E-state index contributed by atoms with van der Waals surface area (Å²) in [7, 11) is -3.58. The van der Waals surface area contributed by atoms with Crippen LogP contribution in [0.3, 0.4) is 0 Å². The molecule has 10 heteroatoms. The van der Waals surface area contributed by atoms with E-state index in [4.69, 9.17) is 11.6 Å². The van der Waals surface area contributed by atoms with Crippen LogP contribution in [0.2, 0.25) is 5.02 Å². The maximum Gasteiger partial charge on any atom is 0.243 e. The number of sulfonamides is 1. The standard InChI is InChI=1S/C18H19ClN6O2S/c1-14-3-4-15(11-16(14)19)28(26,27)24-9-7-23(8-10-24)17-12-18(21-13-20-17)25-6-2-5-22-25/h2-6,11-13H,7-10H2,1H3. The van der Waals surface area contributed by atoms with Crippen molar-refractivity contribution in [1.29, 1.82) is 0 Å². The van der Waals surface area contributed by atoms with Crippen molar-refractivity contribution in [2.24, 2.45) is 0 Å². The summed E-state index contributed by atoms with van der Waals surface area (Å²) in [5.74, 6) is 1.41. The predicted molar refractivity (Wildman–Crippen MR) is 106 cm³/mol. The van der Waals surface area contributed by atoms with E-state index in [1.807, 2.05) is 30.2 Å². The summed E-state index contributed by atoms with van der Waals surface area (Å²) in [6.07, 6.45) is 4.98. The second-order valence-electron chi connectivity index (χ2n) is 6.49. The molecule has 8 nitrogen and oxygen atoms in total. The van der Waals surface area contributed by atoms with Crippen molar-refractivity contribution in [1.82, 2.24) is 24.1 Å². The van der Waals surface area contributed by atoms with Gasteiger partial charge in [0.05, 0.1) is 4.90 Å². The van der Waals surface area contributed by atoms with Gasteiger partial charge >= 0.3 is 0 Å². The van der Waals surface area contributed by atoms with Crippen molar-refractivity contribution in [3.05, 3.63) is 59.6 Å². The molecule has 1 aliphatic heterocycles. The molecule has 0 spiro atoms. The second-order valence-corrected chi connectivity index (χ2v) is 8.83. The van der Waals surface area contributed by atoms with Crippen molar-refractivity contribution in [2.75, 3.05) is 31.1 Å². The first-order valence-electron chi connectivity index (χ1n) is 8.78. The van der Waals surface area contributed by atoms with Gasteiger partial charge in [-0.1, -0.05) is 17.7 Å². The summed E-state index contributed by atoms with van der Waals surface area (Å²) in [5, 5.41) is 4.62. The number of piperazine rings is 1. The fourth-order valence-electron chi connectivity index (χ4n) is 3.08. The first-order chi connectivity index (χ1) is 13.4. The summed E-state index contributed by atoms with van der Waals surface area (Å²) < 4.78 is 29.0. The zero-order chi connectivity index (χ0) is 19.7. The van der Waals surface area contributed by atoms with E-state index in [9.17, 15) is 8.42 Å². The molecule has 0 aliphatic carbocycles. The summed E-state index contributed by atoms with van der Waals surface area (Å²) in [4.78, 5) is 10.8. The van der Waals surface area contributed by atoms with Crippen LogP contribution in [0.5, 0.6) is 0 Å². The molecular formula is C18H19ClN6O2S. The van der Waals surface area contributed by atoms with Crippen LogP contribution in [0.1, 0.15) is 5.56 Å². The Morgan fingerprint density at radius 2 is 1.79 bits per heavy atom. The molecule has 2 aromatic heterocycles. The number of halogens is 1. The Morgan fingerprint density at radius 3 is 2.46 bits per heavy atom. The van der Waals surface area contributed by atoms with E-state index >= 15 is 0 Å². The van der Waals surface area contributed by atoms with Crippen LogP contribution in [0.15, 0.2) is 53.9 Å². The Morgan fingerprint density at radius 1 is 1.04 bits per heavy atom. The normalized spacial score (nSPS) is 15.7. The van der Waals surface area contributed by atoms with E-state index in [-0.39, 0.29) is 4.90 Å². The Bertz CT molecular complexity index is 1080. The number of hydrogen-bond donors (Lipinski definition) is 0. The highest BCUT2D eigenvalue weighted by atomic mass is 35.5. The smallest absolute Gasteiger partial charge is 0.243 e. The quantitative estimate of drug-likeness (QED) is 0.645. The second kappa shape index (κ2) is 7.50. The summed E-state index contributed by atoms with van der Waals surface area (Å²) >= 11 is 6.11. The zero-order valence-electron chi connectivity index (χ0n) is 15.2. The SMILES string of the molecule is Cc1ccc(S(=O)(=O)N2CCN(c3cc(-n4cccn4)ncn3)CC2)cc1Cl. The third kappa shape index (κ3) is 3.60. The number of aryl methyl sites for hydroxylation is 1. The van der Waals surface area contributed by atoms with Gasteiger partial charge in [0.15, 0.2) is 5.82 Å². The van der Waals surface area contributed by atoms with E-state index in [1.165, 1.54) is 16.7 Å². The van der Waals surface area contributed by atoms with Crippen LogP contribution < -0.4 is 4.90 Å². The van der Waals surface area contributed by atoms with Gasteiger partial charge in [0.1, 0.15) is 12.1 Å². The van der Waals surface area contributed by atoms with Crippen LogP contribution in [-0.2, 0) is 10.0 Å². The van der Waals surface area contributed by atoms with Gasteiger partial charge in [-0.05, 0) is 30.7 Å². The third-order valence-corrected chi connectivity index (χ3v) is 7.02. The molecule has 0 radical (unpaired) electrons. The first-order valence-corrected chi connectivity index (χ1v) is 10.6. The number of nitrogens with zero attached hydrogens (tertiary/aromatic N) is 6. The molecule has 1 saturated heterocycles. The lowest BCUT2D eigenvalue weighted by Gasteiger charge is -2.34. The predicted octanol–water partition coefficient (Wildman–Crippen LogP) is 2.14. The molecule has 146 valence electrons. The topological polar surface area (TPSA) is 84.2 Å². The lowest BCUT2D eigenvalue weighted by atomic mass is 10.2. The number of aromatic nitrogens is 4. The average molecular weight is 419 g/mol. The Labute approximate surface area is 168 Å². The molecule has 0 bridgehead atoms. The van der Waals surface area contributed by atoms with E-state index in [2.05, 4.69) is 15.1 Å². The molecule has 0 unspecified atom stereocenters. The fraction of sp³-hybridized carbons (Fsp3) is 0.278. The molecular weight excluding hydrogens is 400 g/mol. The molecule has 0 amide bonds. The molecule has 1 aliphatic rings. The van der Waals surface area contributed by atoms with E-state index < -0.39 is 10.0 Å². The number of rotatable bonds is 4. The Hall–Kier alpha value is -2.49. The third-order valence-electron chi connectivity index (χ3n) is 4.72. The largest absolute Gasteiger partial charge is 0.354 e. The van der Waals surface area contributed by atoms with Crippen LogP contribution >= 0.6 is 11.6 Å². The lowest BCUT2D eigenvalue weighted by Crippen LogP contribution is -2.49. The van der Waals surface area contributed by atoms with Crippen LogP contribution in [-0.4, -0.2) is 58.7 Å². The van der Waals surface area contributed by atoms with Gasteiger partial charge in [0, 0.05) is 49.7 Å².